The summed E-state index contributed by atoms with van der Waals surface area (Å²) in [5, 5.41) is 14.9. The third-order valence-corrected chi connectivity index (χ3v) is 2.35. The topological polar surface area (TPSA) is 89.1 Å². The van der Waals surface area contributed by atoms with Crippen LogP contribution in [0.25, 0.3) is 5.69 Å². The summed E-state index contributed by atoms with van der Waals surface area (Å²) in [4.78, 5) is 4.07. The molecule has 0 unspecified atom stereocenters. The molecule has 2 rings (SSSR count). The maximum atomic E-state index is 8.40. The molecule has 0 atom stereocenters. The smallest absolute Gasteiger partial charge is 0.199 e. The van der Waals surface area contributed by atoms with Crippen molar-refractivity contribution < 1.29 is 10.1 Å². The number of nitrogens with zero attached hydrogens (tertiary/aromatic N) is 2. The third-order valence-electron chi connectivity index (χ3n) is 2.06. The summed E-state index contributed by atoms with van der Waals surface area (Å²) in [5.41, 5.74) is 7.81. The first-order valence-corrected chi connectivity index (χ1v) is 4.90. The van der Waals surface area contributed by atoms with Gasteiger partial charge in [0, 0.05) is 5.69 Å². The molecule has 0 aliphatic rings. The van der Waals surface area contributed by atoms with E-state index in [0.717, 1.165) is 11.3 Å². The van der Waals surface area contributed by atoms with E-state index in [4.69, 9.17) is 23.2 Å². The normalized spacial score (nSPS) is 10.6. The van der Waals surface area contributed by atoms with E-state index >= 15 is 0 Å². The summed E-state index contributed by atoms with van der Waals surface area (Å²) >= 11 is 5.04. The Balaban J connectivity index is 2.49. The minimum atomic E-state index is 0.0726. The molecule has 0 spiro atoms. The van der Waals surface area contributed by atoms with Crippen molar-refractivity contribution in [2.45, 2.75) is 6.61 Å². The fraction of sp³-hybridized carbons (Fsp3) is 0.111. The van der Waals surface area contributed by atoms with Gasteiger partial charge in [-0.15, -0.1) is 0 Å². The van der Waals surface area contributed by atoms with E-state index < -0.39 is 0 Å². The molecule has 84 valence electrons. The fourth-order valence-corrected chi connectivity index (χ4v) is 1.63. The van der Waals surface area contributed by atoms with Gasteiger partial charge in [-0.2, -0.15) is 5.10 Å². The molecule has 0 aliphatic carbocycles. The van der Waals surface area contributed by atoms with Gasteiger partial charge in [0.15, 0.2) is 4.77 Å². The van der Waals surface area contributed by atoms with Crippen LogP contribution in [-0.2, 0) is 11.5 Å². The second-order valence-corrected chi connectivity index (χ2v) is 3.62. The Labute approximate surface area is 96.2 Å². The summed E-state index contributed by atoms with van der Waals surface area (Å²) in [5.74, 6) is 0. The largest absolute Gasteiger partial charge is 0.399 e. The number of nitrogen functional groups attached to an aromatic ring is 1. The molecule has 0 saturated carbocycles. The van der Waals surface area contributed by atoms with Crippen molar-refractivity contribution >= 4 is 17.9 Å². The molecular weight excluding hydrogens is 228 g/mol. The van der Waals surface area contributed by atoms with Crippen molar-refractivity contribution in [2.24, 2.45) is 0 Å². The lowest BCUT2D eigenvalue weighted by Gasteiger charge is -2.06. The SMILES string of the molecule is Nc1cc(COO)cc(-n2cn[nH]c2=S)c1. The van der Waals surface area contributed by atoms with Crippen LogP contribution in [0.2, 0.25) is 0 Å². The van der Waals surface area contributed by atoms with Gasteiger partial charge in [-0.05, 0) is 36.0 Å². The van der Waals surface area contributed by atoms with Crippen LogP contribution in [0.1, 0.15) is 5.56 Å². The number of rotatable bonds is 3. The van der Waals surface area contributed by atoms with E-state index in [-0.39, 0.29) is 6.61 Å². The Hall–Kier alpha value is -1.70. The molecule has 0 aliphatic heterocycles. The van der Waals surface area contributed by atoms with Gasteiger partial charge in [0.05, 0.1) is 5.69 Å². The van der Waals surface area contributed by atoms with E-state index in [9.17, 15) is 0 Å². The molecule has 4 N–H and O–H groups in total. The van der Waals surface area contributed by atoms with Crippen LogP contribution < -0.4 is 5.73 Å². The van der Waals surface area contributed by atoms with Crippen molar-refractivity contribution in [3.8, 4) is 5.69 Å². The molecule has 1 aromatic carbocycles. The number of aromatic nitrogens is 3. The van der Waals surface area contributed by atoms with E-state index in [1.165, 1.54) is 0 Å². The number of nitrogens with two attached hydrogens (primary N) is 1. The van der Waals surface area contributed by atoms with Crippen molar-refractivity contribution in [3.63, 3.8) is 0 Å². The molecule has 7 heteroatoms. The minimum Gasteiger partial charge on any atom is -0.399 e. The lowest BCUT2D eigenvalue weighted by molar-refractivity contribution is -0.252. The average Bonchev–Trinajstić information content (AvgIpc) is 2.64. The third kappa shape index (κ3) is 2.11. The van der Waals surface area contributed by atoms with Crippen LogP contribution in [0.3, 0.4) is 0 Å². The van der Waals surface area contributed by atoms with Gasteiger partial charge in [0.25, 0.3) is 0 Å². The molecule has 0 bridgehead atoms. The zero-order chi connectivity index (χ0) is 11.5. The van der Waals surface area contributed by atoms with Crippen molar-refractivity contribution in [2.75, 3.05) is 5.73 Å². The highest BCUT2D eigenvalue weighted by molar-refractivity contribution is 7.71. The monoisotopic (exact) mass is 238 g/mol. The molecule has 16 heavy (non-hydrogen) atoms. The van der Waals surface area contributed by atoms with Crippen molar-refractivity contribution in [1.82, 2.24) is 14.8 Å². The Bertz CT molecular complexity index is 548. The Morgan fingerprint density at radius 3 is 2.94 bits per heavy atom. The second-order valence-electron chi connectivity index (χ2n) is 3.24. The molecule has 2 aromatic rings. The van der Waals surface area contributed by atoms with Crippen LogP contribution in [0.15, 0.2) is 24.5 Å². The fourth-order valence-electron chi connectivity index (χ4n) is 1.43. The summed E-state index contributed by atoms with van der Waals surface area (Å²) in [6.45, 7) is 0.0726. The summed E-state index contributed by atoms with van der Waals surface area (Å²) in [6.07, 6.45) is 1.56. The van der Waals surface area contributed by atoms with E-state index in [0.29, 0.717) is 10.5 Å². The number of hydrogen-bond donors (Lipinski definition) is 3. The summed E-state index contributed by atoms with van der Waals surface area (Å²) < 4.78 is 2.15. The first kappa shape index (κ1) is 10.8. The molecule has 0 radical (unpaired) electrons. The predicted octanol–water partition coefficient (Wildman–Crippen LogP) is 1.50. The van der Waals surface area contributed by atoms with Crippen LogP contribution in [0.5, 0.6) is 0 Å². The van der Waals surface area contributed by atoms with Crippen LogP contribution in [0.4, 0.5) is 5.69 Å². The lowest BCUT2D eigenvalue weighted by atomic mass is 10.2. The van der Waals surface area contributed by atoms with Gasteiger partial charge in [0.2, 0.25) is 0 Å². The summed E-state index contributed by atoms with van der Waals surface area (Å²) in [6, 6.07) is 5.27. The molecule has 0 saturated heterocycles. The maximum absolute atomic E-state index is 8.40. The number of benzene rings is 1. The molecule has 0 amide bonds. The van der Waals surface area contributed by atoms with Gasteiger partial charge in [0.1, 0.15) is 12.9 Å². The van der Waals surface area contributed by atoms with Crippen LogP contribution in [-0.4, -0.2) is 20.0 Å². The van der Waals surface area contributed by atoms with E-state index in [1.807, 2.05) is 0 Å². The number of H-pyrrole nitrogens is 1. The highest BCUT2D eigenvalue weighted by atomic mass is 32.1. The zero-order valence-electron chi connectivity index (χ0n) is 8.25. The maximum Gasteiger partial charge on any atom is 0.199 e. The summed E-state index contributed by atoms with van der Waals surface area (Å²) in [7, 11) is 0. The molecule has 1 heterocycles. The Morgan fingerprint density at radius 2 is 2.31 bits per heavy atom. The number of nitrogens with one attached hydrogen (secondary N) is 1. The lowest BCUT2D eigenvalue weighted by Crippen LogP contribution is -1.98. The number of hydrogen-bond acceptors (Lipinski definition) is 5. The van der Waals surface area contributed by atoms with Crippen molar-refractivity contribution in [3.05, 3.63) is 34.9 Å². The molecule has 6 nitrogen and oxygen atoms in total. The quantitative estimate of drug-likeness (QED) is 0.326. The Kier molecular flexibility index (Phi) is 3.00. The Morgan fingerprint density at radius 1 is 1.50 bits per heavy atom. The average molecular weight is 238 g/mol. The van der Waals surface area contributed by atoms with Gasteiger partial charge in [-0.1, -0.05) is 0 Å². The highest BCUT2D eigenvalue weighted by Gasteiger charge is 2.03. The minimum absolute atomic E-state index is 0.0726. The van der Waals surface area contributed by atoms with Gasteiger partial charge in [-0.3, -0.25) is 14.9 Å². The van der Waals surface area contributed by atoms with Crippen LogP contribution in [0, 0.1) is 4.77 Å². The first-order chi connectivity index (χ1) is 7.70. The van der Waals surface area contributed by atoms with E-state index in [1.54, 1.807) is 29.1 Å². The predicted molar refractivity (Wildman–Crippen MR) is 60.6 cm³/mol. The molecule has 1 aromatic heterocycles. The van der Waals surface area contributed by atoms with Crippen molar-refractivity contribution in [1.29, 1.82) is 0 Å². The standard InChI is InChI=1S/C9H10N4O2S/c10-7-1-6(4-15-14)2-8(3-7)13-5-11-12-9(13)16/h1-3,5,14H,4,10H2,(H,12,16). The molecular formula is C9H10N4O2S. The highest BCUT2D eigenvalue weighted by Crippen LogP contribution is 2.16. The zero-order valence-corrected chi connectivity index (χ0v) is 9.07. The number of aromatic amines is 1. The second kappa shape index (κ2) is 4.44. The first-order valence-electron chi connectivity index (χ1n) is 4.49. The molecule has 0 fully saturated rings. The van der Waals surface area contributed by atoms with Gasteiger partial charge >= 0.3 is 0 Å². The van der Waals surface area contributed by atoms with Gasteiger partial charge in [-0.25, -0.2) is 4.89 Å². The van der Waals surface area contributed by atoms with Crippen LogP contribution >= 0.6 is 12.2 Å². The van der Waals surface area contributed by atoms with Gasteiger partial charge < -0.3 is 5.73 Å². The van der Waals surface area contributed by atoms with E-state index in [2.05, 4.69) is 15.1 Å². The number of anilines is 1.